The van der Waals surface area contributed by atoms with Crippen LogP contribution in [0.2, 0.25) is 10.0 Å². The van der Waals surface area contributed by atoms with Crippen LogP contribution in [-0.4, -0.2) is 64.6 Å². The standard InChI is InChI=1S/C23H23Cl2NO8/c1-2-10-32-22(31)21-19(29)18(28)20(30)23(34-21)33-16(27)11-12-6-3-4-9-15(12)26-17-13(24)7-5-8-14(17)25/h2-9,18-21,23,26,28-30H,1,10-11H2/t18-,19-,20-,21-,23+/m1/s1. The molecule has 1 fully saturated rings. The second-order valence-corrected chi connectivity index (χ2v) is 8.18. The predicted molar refractivity (Wildman–Crippen MR) is 124 cm³/mol. The molecule has 1 aliphatic rings. The lowest BCUT2D eigenvalue weighted by Crippen LogP contribution is -2.61. The molecule has 1 aliphatic heterocycles. The summed E-state index contributed by atoms with van der Waals surface area (Å²) in [5.74, 6) is -1.84. The van der Waals surface area contributed by atoms with Crippen LogP contribution in [0.25, 0.3) is 0 Å². The third-order valence-corrected chi connectivity index (χ3v) is 5.60. The number of para-hydroxylation sites is 2. The van der Waals surface area contributed by atoms with Crippen LogP contribution in [0.4, 0.5) is 11.4 Å². The van der Waals surface area contributed by atoms with E-state index in [1.54, 1.807) is 42.5 Å². The van der Waals surface area contributed by atoms with Gasteiger partial charge >= 0.3 is 11.9 Å². The number of benzene rings is 2. The number of anilines is 2. The van der Waals surface area contributed by atoms with E-state index >= 15 is 0 Å². The fourth-order valence-electron chi connectivity index (χ4n) is 3.24. The molecule has 0 aliphatic carbocycles. The Morgan fingerprint density at radius 2 is 1.71 bits per heavy atom. The highest BCUT2D eigenvalue weighted by Gasteiger charge is 2.49. The molecule has 0 bridgehead atoms. The molecule has 3 rings (SSSR count). The Morgan fingerprint density at radius 1 is 1.03 bits per heavy atom. The van der Waals surface area contributed by atoms with E-state index in [0.29, 0.717) is 27.0 Å². The molecule has 0 spiro atoms. The number of nitrogens with one attached hydrogen (secondary N) is 1. The van der Waals surface area contributed by atoms with E-state index in [1.807, 2.05) is 0 Å². The van der Waals surface area contributed by atoms with Crippen LogP contribution < -0.4 is 5.32 Å². The van der Waals surface area contributed by atoms with Gasteiger partial charge in [0, 0.05) is 5.69 Å². The van der Waals surface area contributed by atoms with E-state index in [0.717, 1.165) is 0 Å². The van der Waals surface area contributed by atoms with Crippen molar-refractivity contribution in [2.24, 2.45) is 0 Å². The minimum Gasteiger partial charge on any atom is -0.459 e. The maximum Gasteiger partial charge on any atom is 0.338 e. The minimum atomic E-state index is -1.82. The highest BCUT2D eigenvalue weighted by atomic mass is 35.5. The largest absolute Gasteiger partial charge is 0.459 e. The summed E-state index contributed by atoms with van der Waals surface area (Å²) in [6, 6.07) is 11.8. The number of ether oxygens (including phenoxy) is 3. The Bertz CT molecular complexity index is 1030. The zero-order valence-corrected chi connectivity index (χ0v) is 19.3. The van der Waals surface area contributed by atoms with Gasteiger partial charge in [0.2, 0.25) is 6.29 Å². The monoisotopic (exact) mass is 511 g/mol. The van der Waals surface area contributed by atoms with Crippen molar-refractivity contribution in [1.82, 2.24) is 0 Å². The Labute approximate surface area is 205 Å². The average molecular weight is 512 g/mol. The Hall–Kier alpha value is -2.66. The van der Waals surface area contributed by atoms with Gasteiger partial charge in [0.05, 0.1) is 22.2 Å². The maximum atomic E-state index is 12.6. The number of hydrogen-bond donors (Lipinski definition) is 4. The normalized spacial score (nSPS) is 24.2. The fraction of sp³-hybridized carbons (Fsp3) is 0.304. The van der Waals surface area contributed by atoms with Gasteiger partial charge in [-0.2, -0.15) is 0 Å². The van der Waals surface area contributed by atoms with Crippen molar-refractivity contribution in [1.29, 1.82) is 0 Å². The fourth-order valence-corrected chi connectivity index (χ4v) is 3.73. The SMILES string of the molecule is C=CCOC(=O)[C@@H]1O[C@H](OC(=O)Cc2ccccc2Nc2c(Cl)cccc2Cl)[C@H](O)[C@H](O)[C@H]1O. The van der Waals surface area contributed by atoms with Gasteiger partial charge in [-0.05, 0) is 23.8 Å². The summed E-state index contributed by atoms with van der Waals surface area (Å²) >= 11 is 12.4. The van der Waals surface area contributed by atoms with Gasteiger partial charge < -0.3 is 34.8 Å². The Morgan fingerprint density at radius 3 is 2.38 bits per heavy atom. The number of aliphatic hydroxyl groups excluding tert-OH is 3. The highest BCUT2D eigenvalue weighted by molar-refractivity contribution is 6.39. The van der Waals surface area contributed by atoms with Crippen LogP contribution in [0.5, 0.6) is 0 Å². The topological polar surface area (TPSA) is 135 Å². The first-order valence-electron chi connectivity index (χ1n) is 10.2. The van der Waals surface area contributed by atoms with Gasteiger partial charge in [-0.25, -0.2) is 4.79 Å². The summed E-state index contributed by atoms with van der Waals surface area (Å²) in [6.07, 6.45) is -7.74. The molecule has 9 nitrogen and oxygen atoms in total. The second kappa shape index (κ2) is 11.7. The van der Waals surface area contributed by atoms with E-state index in [-0.39, 0.29) is 13.0 Å². The third kappa shape index (κ3) is 6.06. The summed E-state index contributed by atoms with van der Waals surface area (Å²) in [5.41, 5.74) is 1.49. The number of halogens is 2. The lowest BCUT2D eigenvalue weighted by atomic mass is 9.99. The number of carbonyl (C=O) groups is 2. The summed E-state index contributed by atoms with van der Waals surface area (Å²) in [7, 11) is 0. The highest BCUT2D eigenvalue weighted by Crippen LogP contribution is 2.34. The molecule has 5 atom stereocenters. The van der Waals surface area contributed by atoms with Gasteiger partial charge in [0.25, 0.3) is 0 Å². The first-order chi connectivity index (χ1) is 16.2. The van der Waals surface area contributed by atoms with Crippen LogP contribution >= 0.6 is 23.2 Å². The molecular weight excluding hydrogens is 489 g/mol. The summed E-state index contributed by atoms with van der Waals surface area (Å²) in [4.78, 5) is 24.7. The third-order valence-electron chi connectivity index (χ3n) is 4.97. The first kappa shape index (κ1) is 26.0. The lowest BCUT2D eigenvalue weighted by molar-refractivity contribution is -0.287. The van der Waals surface area contributed by atoms with Crippen LogP contribution in [0.1, 0.15) is 5.56 Å². The Balaban J connectivity index is 1.71. The molecule has 0 saturated carbocycles. The number of carbonyl (C=O) groups excluding carboxylic acids is 2. The van der Waals surface area contributed by atoms with E-state index in [1.165, 1.54) is 6.08 Å². The smallest absolute Gasteiger partial charge is 0.338 e. The second-order valence-electron chi connectivity index (χ2n) is 7.36. The van der Waals surface area contributed by atoms with E-state index in [9.17, 15) is 24.9 Å². The molecule has 1 heterocycles. The molecule has 11 heteroatoms. The predicted octanol–water partition coefficient (Wildman–Crippen LogP) is 2.36. The maximum absolute atomic E-state index is 12.6. The Kier molecular flexibility index (Phi) is 8.90. The van der Waals surface area contributed by atoms with Gasteiger partial charge in [-0.15, -0.1) is 0 Å². The number of rotatable bonds is 8. The van der Waals surface area contributed by atoms with Crippen LogP contribution in [-0.2, 0) is 30.2 Å². The van der Waals surface area contributed by atoms with Crippen molar-refractivity contribution in [3.8, 4) is 0 Å². The summed E-state index contributed by atoms with van der Waals surface area (Å²) < 4.78 is 15.2. The molecule has 0 unspecified atom stereocenters. The first-order valence-corrected chi connectivity index (χ1v) is 10.9. The molecule has 2 aromatic rings. The van der Waals surface area contributed by atoms with Crippen molar-refractivity contribution >= 4 is 46.5 Å². The molecule has 1 saturated heterocycles. The number of hydrogen-bond acceptors (Lipinski definition) is 9. The van der Waals surface area contributed by atoms with Crippen molar-refractivity contribution < 1.29 is 39.1 Å². The molecule has 34 heavy (non-hydrogen) atoms. The molecule has 2 aromatic carbocycles. The average Bonchev–Trinajstić information content (AvgIpc) is 2.81. The minimum absolute atomic E-state index is 0.159. The van der Waals surface area contributed by atoms with Crippen molar-refractivity contribution in [3.63, 3.8) is 0 Å². The van der Waals surface area contributed by atoms with Gasteiger partial charge in [0.15, 0.2) is 6.10 Å². The lowest BCUT2D eigenvalue weighted by Gasteiger charge is -2.38. The zero-order valence-electron chi connectivity index (χ0n) is 17.8. The van der Waals surface area contributed by atoms with Crippen molar-refractivity contribution in [2.75, 3.05) is 11.9 Å². The summed E-state index contributed by atoms with van der Waals surface area (Å²) in [6.45, 7) is 3.24. The molecule has 4 N–H and O–H groups in total. The van der Waals surface area contributed by atoms with E-state index in [4.69, 9.17) is 37.4 Å². The van der Waals surface area contributed by atoms with Gasteiger partial charge in [0.1, 0.15) is 24.9 Å². The van der Waals surface area contributed by atoms with Crippen LogP contribution in [0.15, 0.2) is 55.1 Å². The molecule has 0 radical (unpaired) electrons. The van der Waals surface area contributed by atoms with E-state index < -0.39 is 42.6 Å². The zero-order chi connectivity index (χ0) is 24.8. The van der Waals surface area contributed by atoms with Gasteiger partial charge in [-0.3, -0.25) is 4.79 Å². The molecule has 0 amide bonds. The summed E-state index contributed by atoms with van der Waals surface area (Å²) in [5, 5.41) is 34.2. The van der Waals surface area contributed by atoms with Crippen LogP contribution in [0, 0.1) is 0 Å². The van der Waals surface area contributed by atoms with Gasteiger partial charge in [-0.1, -0.05) is 60.1 Å². The van der Waals surface area contributed by atoms with Crippen LogP contribution in [0.3, 0.4) is 0 Å². The number of aliphatic hydroxyl groups is 3. The number of esters is 2. The molecule has 0 aromatic heterocycles. The van der Waals surface area contributed by atoms with E-state index in [2.05, 4.69) is 11.9 Å². The van der Waals surface area contributed by atoms with Crippen molar-refractivity contribution in [2.45, 2.75) is 37.1 Å². The molecular formula is C23H23Cl2NO8. The quantitative estimate of drug-likeness (QED) is 0.311. The molecule has 182 valence electrons. The van der Waals surface area contributed by atoms with Crippen molar-refractivity contribution in [3.05, 3.63) is 70.7 Å².